The second-order valence-corrected chi connectivity index (χ2v) is 6.68. The third-order valence-electron chi connectivity index (χ3n) is 4.80. The SMILES string of the molecule is COc1ccc(CCN2C(=O)N[C@H](CC(=O)NCc3cccn3C)C2=O)cc1. The Morgan fingerprint density at radius 2 is 1.96 bits per heavy atom. The number of urea groups is 1. The molecule has 1 fully saturated rings. The maximum atomic E-state index is 12.5. The molecule has 1 aliphatic rings. The Kier molecular flexibility index (Phi) is 5.98. The summed E-state index contributed by atoms with van der Waals surface area (Å²) in [5.41, 5.74) is 1.95. The molecule has 1 saturated heterocycles. The molecule has 8 nitrogen and oxygen atoms in total. The number of carbonyl (C=O) groups excluding carboxylic acids is 3. The summed E-state index contributed by atoms with van der Waals surface area (Å²) < 4.78 is 7.02. The third kappa shape index (κ3) is 4.51. The van der Waals surface area contributed by atoms with Crippen molar-refractivity contribution in [1.82, 2.24) is 20.1 Å². The van der Waals surface area contributed by atoms with Gasteiger partial charge in [0.25, 0.3) is 5.91 Å². The van der Waals surface area contributed by atoms with Crippen LogP contribution in [-0.4, -0.2) is 47.0 Å². The van der Waals surface area contributed by atoms with Gasteiger partial charge in [0, 0.05) is 25.5 Å². The zero-order valence-corrected chi connectivity index (χ0v) is 16.0. The first-order valence-electron chi connectivity index (χ1n) is 9.09. The van der Waals surface area contributed by atoms with E-state index in [1.54, 1.807) is 7.11 Å². The number of aromatic nitrogens is 1. The Morgan fingerprint density at radius 3 is 2.61 bits per heavy atom. The van der Waals surface area contributed by atoms with Crippen molar-refractivity contribution >= 4 is 17.8 Å². The first-order valence-corrected chi connectivity index (χ1v) is 9.09. The van der Waals surface area contributed by atoms with Gasteiger partial charge in [0.05, 0.1) is 20.1 Å². The average Bonchev–Trinajstić information content (AvgIpc) is 3.21. The van der Waals surface area contributed by atoms with Crippen molar-refractivity contribution in [3.8, 4) is 5.75 Å². The van der Waals surface area contributed by atoms with E-state index in [0.717, 1.165) is 17.0 Å². The lowest BCUT2D eigenvalue weighted by Crippen LogP contribution is -2.36. The van der Waals surface area contributed by atoms with Gasteiger partial charge in [-0.05, 0) is 36.2 Å². The summed E-state index contributed by atoms with van der Waals surface area (Å²) in [7, 11) is 3.49. The number of methoxy groups -OCH3 is 1. The number of rotatable bonds is 8. The van der Waals surface area contributed by atoms with Crippen molar-refractivity contribution in [2.45, 2.75) is 25.4 Å². The monoisotopic (exact) mass is 384 g/mol. The van der Waals surface area contributed by atoms with Crippen LogP contribution in [0.15, 0.2) is 42.6 Å². The van der Waals surface area contributed by atoms with Gasteiger partial charge in [-0.2, -0.15) is 0 Å². The van der Waals surface area contributed by atoms with Crippen molar-refractivity contribution in [1.29, 1.82) is 0 Å². The highest BCUT2D eigenvalue weighted by Gasteiger charge is 2.38. The molecular formula is C20H24N4O4. The van der Waals surface area contributed by atoms with Crippen molar-refractivity contribution < 1.29 is 19.1 Å². The summed E-state index contributed by atoms with van der Waals surface area (Å²) in [6.45, 7) is 0.636. The van der Waals surface area contributed by atoms with Gasteiger partial charge in [-0.15, -0.1) is 0 Å². The molecule has 8 heteroatoms. The molecule has 148 valence electrons. The van der Waals surface area contributed by atoms with Crippen LogP contribution in [-0.2, 0) is 29.6 Å². The fourth-order valence-corrected chi connectivity index (χ4v) is 3.09. The summed E-state index contributed by atoms with van der Waals surface area (Å²) in [6, 6.07) is 9.97. The molecule has 2 N–H and O–H groups in total. The summed E-state index contributed by atoms with van der Waals surface area (Å²) in [4.78, 5) is 37.9. The highest BCUT2D eigenvalue weighted by molar-refractivity contribution is 6.05. The number of imide groups is 1. The highest BCUT2D eigenvalue weighted by Crippen LogP contribution is 2.14. The lowest BCUT2D eigenvalue weighted by molar-refractivity contribution is -0.130. The zero-order valence-electron chi connectivity index (χ0n) is 16.0. The minimum absolute atomic E-state index is 0.0754. The second kappa shape index (κ2) is 8.60. The number of amides is 4. The van der Waals surface area contributed by atoms with Gasteiger partial charge in [0.1, 0.15) is 11.8 Å². The third-order valence-corrected chi connectivity index (χ3v) is 4.80. The Morgan fingerprint density at radius 1 is 1.21 bits per heavy atom. The molecule has 0 saturated carbocycles. The molecule has 1 aromatic heterocycles. The molecule has 2 aromatic rings. The molecule has 1 aliphatic heterocycles. The second-order valence-electron chi connectivity index (χ2n) is 6.68. The standard InChI is InChI=1S/C20H24N4O4/c1-23-10-3-4-15(23)13-21-18(25)12-17-19(26)24(20(27)22-17)11-9-14-5-7-16(28-2)8-6-14/h3-8,10,17H,9,11-13H2,1-2H3,(H,21,25)(H,22,27)/t17-/m1/s1. The van der Waals surface area contributed by atoms with Crippen LogP contribution >= 0.6 is 0 Å². The van der Waals surface area contributed by atoms with Crippen LogP contribution in [0.1, 0.15) is 17.7 Å². The maximum absolute atomic E-state index is 12.5. The summed E-state index contributed by atoms with van der Waals surface area (Å²) in [5.74, 6) is 0.101. The van der Waals surface area contributed by atoms with Gasteiger partial charge in [-0.25, -0.2) is 4.79 Å². The number of ether oxygens (including phenoxy) is 1. The number of hydrogen-bond donors (Lipinski definition) is 2. The minimum Gasteiger partial charge on any atom is -0.497 e. The highest BCUT2D eigenvalue weighted by atomic mass is 16.5. The minimum atomic E-state index is -0.822. The number of carbonyl (C=O) groups is 3. The Hall–Kier alpha value is -3.29. The molecule has 0 bridgehead atoms. The summed E-state index contributed by atoms with van der Waals surface area (Å²) >= 11 is 0. The van der Waals surface area contributed by atoms with Crippen molar-refractivity contribution in [2.24, 2.45) is 7.05 Å². The van der Waals surface area contributed by atoms with E-state index in [2.05, 4.69) is 10.6 Å². The van der Waals surface area contributed by atoms with Gasteiger partial charge < -0.3 is 19.9 Å². The zero-order chi connectivity index (χ0) is 20.1. The van der Waals surface area contributed by atoms with E-state index in [9.17, 15) is 14.4 Å². The van der Waals surface area contributed by atoms with Gasteiger partial charge in [0.2, 0.25) is 5.91 Å². The molecule has 0 radical (unpaired) electrons. The van der Waals surface area contributed by atoms with Gasteiger partial charge >= 0.3 is 6.03 Å². The molecule has 1 atom stereocenters. The van der Waals surface area contributed by atoms with E-state index in [1.807, 2.05) is 54.2 Å². The molecule has 1 aromatic carbocycles. The van der Waals surface area contributed by atoms with E-state index >= 15 is 0 Å². The Bertz CT molecular complexity index is 859. The fraction of sp³-hybridized carbons (Fsp3) is 0.350. The first-order chi connectivity index (χ1) is 13.5. The molecule has 3 rings (SSSR count). The smallest absolute Gasteiger partial charge is 0.324 e. The number of aryl methyl sites for hydroxylation is 1. The van der Waals surface area contributed by atoms with Crippen LogP contribution in [0, 0.1) is 0 Å². The van der Waals surface area contributed by atoms with Crippen LogP contribution in [0.5, 0.6) is 5.75 Å². The van der Waals surface area contributed by atoms with Gasteiger partial charge in [0.15, 0.2) is 0 Å². The number of nitrogens with one attached hydrogen (secondary N) is 2. The average molecular weight is 384 g/mol. The summed E-state index contributed by atoms with van der Waals surface area (Å²) in [6.07, 6.45) is 2.35. The Labute approximate surface area is 163 Å². The molecule has 4 amide bonds. The van der Waals surface area contributed by atoms with Crippen molar-refractivity contribution in [2.75, 3.05) is 13.7 Å². The fourth-order valence-electron chi connectivity index (χ4n) is 3.09. The number of nitrogens with zero attached hydrogens (tertiary/aromatic N) is 2. The molecule has 0 unspecified atom stereocenters. The predicted octanol–water partition coefficient (Wildman–Crippen LogP) is 1.20. The quantitative estimate of drug-likeness (QED) is 0.669. The normalized spacial score (nSPS) is 16.2. The molecular weight excluding hydrogens is 360 g/mol. The van der Waals surface area contributed by atoms with E-state index < -0.39 is 12.1 Å². The lowest BCUT2D eigenvalue weighted by atomic mass is 10.1. The van der Waals surface area contributed by atoms with E-state index in [4.69, 9.17) is 4.74 Å². The van der Waals surface area contributed by atoms with Crippen LogP contribution in [0.25, 0.3) is 0 Å². The van der Waals surface area contributed by atoms with Crippen LogP contribution < -0.4 is 15.4 Å². The van der Waals surface area contributed by atoms with Crippen molar-refractivity contribution in [3.63, 3.8) is 0 Å². The first kappa shape index (κ1) is 19.5. The van der Waals surface area contributed by atoms with E-state index in [0.29, 0.717) is 13.0 Å². The molecule has 2 heterocycles. The van der Waals surface area contributed by atoms with Crippen LogP contribution in [0.2, 0.25) is 0 Å². The van der Waals surface area contributed by atoms with E-state index in [-0.39, 0.29) is 24.8 Å². The van der Waals surface area contributed by atoms with E-state index in [1.165, 1.54) is 4.90 Å². The largest absolute Gasteiger partial charge is 0.497 e. The van der Waals surface area contributed by atoms with Crippen LogP contribution in [0.4, 0.5) is 4.79 Å². The predicted molar refractivity (Wildman–Crippen MR) is 103 cm³/mol. The van der Waals surface area contributed by atoms with Crippen LogP contribution in [0.3, 0.4) is 0 Å². The molecule has 0 spiro atoms. The maximum Gasteiger partial charge on any atom is 0.324 e. The lowest BCUT2D eigenvalue weighted by Gasteiger charge is -2.13. The number of benzene rings is 1. The number of hydrogen-bond acceptors (Lipinski definition) is 4. The van der Waals surface area contributed by atoms with Gasteiger partial charge in [-0.1, -0.05) is 12.1 Å². The topological polar surface area (TPSA) is 92.7 Å². The molecule has 28 heavy (non-hydrogen) atoms. The van der Waals surface area contributed by atoms with Crippen molar-refractivity contribution in [3.05, 3.63) is 53.9 Å². The van der Waals surface area contributed by atoms with Gasteiger partial charge in [-0.3, -0.25) is 14.5 Å². The molecule has 0 aliphatic carbocycles. The Balaban J connectivity index is 1.49. The summed E-state index contributed by atoms with van der Waals surface area (Å²) in [5, 5.41) is 5.37.